The standard InChI is InChI=1S/C12H16N2O5/c1-12(15)6-13(7-12)8-4-10(18-2)11(19-3)5-9(8)14(16)17/h4-5,15H,6-7H2,1-3H3. The largest absolute Gasteiger partial charge is 0.493 e. The number of nitro benzene ring substituents is 1. The van der Waals surface area contributed by atoms with Crippen LogP contribution in [-0.2, 0) is 0 Å². The van der Waals surface area contributed by atoms with Crippen LogP contribution < -0.4 is 14.4 Å². The predicted molar refractivity (Wildman–Crippen MR) is 69.0 cm³/mol. The summed E-state index contributed by atoms with van der Waals surface area (Å²) >= 11 is 0. The summed E-state index contributed by atoms with van der Waals surface area (Å²) in [6.45, 7) is 2.39. The molecular formula is C12H16N2O5. The molecule has 0 atom stereocenters. The molecule has 1 aromatic rings. The van der Waals surface area contributed by atoms with E-state index in [1.165, 1.54) is 20.3 Å². The van der Waals surface area contributed by atoms with E-state index in [0.717, 1.165) is 0 Å². The van der Waals surface area contributed by atoms with Gasteiger partial charge in [-0.05, 0) is 6.92 Å². The molecule has 7 heteroatoms. The normalized spacial score (nSPS) is 16.7. The van der Waals surface area contributed by atoms with Gasteiger partial charge in [0.15, 0.2) is 11.5 Å². The number of hydrogen-bond donors (Lipinski definition) is 1. The van der Waals surface area contributed by atoms with Gasteiger partial charge in [-0.15, -0.1) is 0 Å². The fraction of sp³-hybridized carbons (Fsp3) is 0.500. The summed E-state index contributed by atoms with van der Waals surface area (Å²) in [7, 11) is 2.90. The maximum Gasteiger partial charge on any atom is 0.296 e. The summed E-state index contributed by atoms with van der Waals surface area (Å²) < 4.78 is 10.2. The summed E-state index contributed by atoms with van der Waals surface area (Å²) in [6.07, 6.45) is 0. The first-order valence-corrected chi connectivity index (χ1v) is 5.75. The van der Waals surface area contributed by atoms with Crippen molar-refractivity contribution >= 4 is 11.4 Å². The highest BCUT2D eigenvalue weighted by Gasteiger charge is 2.39. The molecule has 0 unspecified atom stereocenters. The van der Waals surface area contributed by atoms with Crippen LogP contribution in [0.15, 0.2) is 12.1 Å². The highest BCUT2D eigenvalue weighted by molar-refractivity contribution is 5.71. The third-order valence-electron chi connectivity index (χ3n) is 3.08. The molecule has 0 radical (unpaired) electrons. The van der Waals surface area contributed by atoms with Gasteiger partial charge in [-0.25, -0.2) is 0 Å². The number of nitro groups is 1. The molecule has 1 aliphatic heterocycles. The van der Waals surface area contributed by atoms with Crippen molar-refractivity contribution in [3.05, 3.63) is 22.2 Å². The first-order valence-electron chi connectivity index (χ1n) is 5.75. The lowest BCUT2D eigenvalue weighted by Gasteiger charge is -2.45. The van der Waals surface area contributed by atoms with E-state index in [1.807, 2.05) is 0 Å². The van der Waals surface area contributed by atoms with E-state index < -0.39 is 10.5 Å². The summed E-state index contributed by atoms with van der Waals surface area (Å²) in [6, 6.07) is 2.90. The number of benzene rings is 1. The lowest BCUT2D eigenvalue weighted by molar-refractivity contribution is -0.384. The van der Waals surface area contributed by atoms with Crippen molar-refractivity contribution in [2.75, 3.05) is 32.2 Å². The zero-order chi connectivity index (χ0) is 14.2. The average molecular weight is 268 g/mol. The molecule has 1 aliphatic rings. The molecule has 0 bridgehead atoms. The fourth-order valence-electron chi connectivity index (χ4n) is 2.20. The van der Waals surface area contributed by atoms with Crippen molar-refractivity contribution in [3.63, 3.8) is 0 Å². The van der Waals surface area contributed by atoms with Crippen LogP contribution in [0.25, 0.3) is 0 Å². The molecule has 19 heavy (non-hydrogen) atoms. The molecule has 0 saturated carbocycles. The molecule has 2 rings (SSSR count). The van der Waals surface area contributed by atoms with Crippen molar-refractivity contribution < 1.29 is 19.5 Å². The Morgan fingerprint density at radius 3 is 2.26 bits per heavy atom. The molecular weight excluding hydrogens is 252 g/mol. The zero-order valence-electron chi connectivity index (χ0n) is 11.0. The van der Waals surface area contributed by atoms with E-state index in [0.29, 0.717) is 30.3 Å². The third-order valence-corrected chi connectivity index (χ3v) is 3.08. The molecule has 0 spiro atoms. The number of rotatable bonds is 4. The van der Waals surface area contributed by atoms with Crippen molar-refractivity contribution in [1.82, 2.24) is 0 Å². The van der Waals surface area contributed by atoms with Crippen LogP contribution in [0.2, 0.25) is 0 Å². The minimum absolute atomic E-state index is 0.0619. The number of hydrogen-bond acceptors (Lipinski definition) is 6. The molecule has 0 aromatic heterocycles. The highest BCUT2D eigenvalue weighted by atomic mass is 16.6. The predicted octanol–water partition coefficient (Wildman–Crippen LogP) is 1.18. The van der Waals surface area contributed by atoms with E-state index in [4.69, 9.17) is 9.47 Å². The van der Waals surface area contributed by atoms with E-state index in [-0.39, 0.29) is 5.69 Å². The first kappa shape index (κ1) is 13.4. The highest BCUT2D eigenvalue weighted by Crippen LogP contribution is 2.42. The lowest BCUT2D eigenvalue weighted by Crippen LogP contribution is -2.60. The Morgan fingerprint density at radius 1 is 1.32 bits per heavy atom. The first-order chi connectivity index (χ1) is 8.88. The third kappa shape index (κ3) is 2.41. The van der Waals surface area contributed by atoms with Gasteiger partial charge in [0, 0.05) is 19.2 Å². The molecule has 1 heterocycles. The summed E-state index contributed by atoms with van der Waals surface area (Å²) in [5.74, 6) is 0.736. The van der Waals surface area contributed by atoms with Crippen LogP contribution in [0.1, 0.15) is 6.92 Å². The minimum Gasteiger partial charge on any atom is -0.493 e. The Hall–Kier alpha value is -2.02. The van der Waals surface area contributed by atoms with E-state index in [2.05, 4.69) is 0 Å². The summed E-state index contributed by atoms with van der Waals surface area (Å²) in [5, 5.41) is 20.8. The van der Waals surface area contributed by atoms with E-state index >= 15 is 0 Å². The number of methoxy groups -OCH3 is 2. The van der Waals surface area contributed by atoms with Gasteiger partial charge in [-0.1, -0.05) is 0 Å². The van der Waals surface area contributed by atoms with Gasteiger partial charge < -0.3 is 19.5 Å². The SMILES string of the molecule is COc1cc(N2CC(C)(O)C2)c([N+](=O)[O-])cc1OC. The van der Waals surface area contributed by atoms with Crippen molar-refractivity contribution in [3.8, 4) is 11.5 Å². The Bertz CT molecular complexity index is 507. The van der Waals surface area contributed by atoms with Crippen LogP contribution in [0.4, 0.5) is 11.4 Å². The number of nitrogens with zero attached hydrogens (tertiary/aromatic N) is 2. The van der Waals surface area contributed by atoms with E-state index in [1.54, 1.807) is 17.9 Å². The molecule has 1 aromatic carbocycles. The van der Waals surface area contributed by atoms with Crippen molar-refractivity contribution in [1.29, 1.82) is 0 Å². The number of ether oxygens (including phenoxy) is 2. The van der Waals surface area contributed by atoms with Gasteiger partial charge in [0.1, 0.15) is 5.69 Å². The van der Waals surface area contributed by atoms with Crippen molar-refractivity contribution in [2.45, 2.75) is 12.5 Å². The van der Waals surface area contributed by atoms with Gasteiger partial charge in [0.05, 0.1) is 30.8 Å². The maximum atomic E-state index is 11.1. The van der Waals surface area contributed by atoms with Gasteiger partial charge in [-0.3, -0.25) is 10.1 Å². The summed E-state index contributed by atoms with van der Waals surface area (Å²) in [5.41, 5.74) is -0.441. The smallest absolute Gasteiger partial charge is 0.296 e. The number of β-amino-alcohol motifs (C(OH)–C–C–N with tert-alkyl or cyclic N) is 1. The van der Waals surface area contributed by atoms with Gasteiger partial charge >= 0.3 is 0 Å². The monoisotopic (exact) mass is 268 g/mol. The fourth-order valence-corrected chi connectivity index (χ4v) is 2.20. The number of anilines is 1. The van der Waals surface area contributed by atoms with E-state index in [9.17, 15) is 15.2 Å². The molecule has 0 amide bonds. The van der Waals surface area contributed by atoms with Crippen LogP contribution in [0, 0.1) is 10.1 Å². The molecule has 1 saturated heterocycles. The Balaban J connectivity index is 2.43. The molecule has 1 fully saturated rings. The molecule has 104 valence electrons. The topological polar surface area (TPSA) is 85.1 Å². The van der Waals surface area contributed by atoms with Crippen LogP contribution in [0.5, 0.6) is 11.5 Å². The average Bonchev–Trinajstić information content (AvgIpc) is 2.33. The van der Waals surface area contributed by atoms with Gasteiger partial charge in [0.25, 0.3) is 5.69 Å². The van der Waals surface area contributed by atoms with Crippen LogP contribution >= 0.6 is 0 Å². The minimum atomic E-state index is -0.805. The zero-order valence-corrected chi connectivity index (χ0v) is 11.0. The number of aliphatic hydroxyl groups is 1. The molecule has 0 aliphatic carbocycles. The Kier molecular flexibility index (Phi) is 3.23. The van der Waals surface area contributed by atoms with Crippen LogP contribution in [-0.4, -0.2) is 42.9 Å². The lowest BCUT2D eigenvalue weighted by atomic mass is 9.95. The Morgan fingerprint density at radius 2 is 1.84 bits per heavy atom. The maximum absolute atomic E-state index is 11.1. The van der Waals surface area contributed by atoms with Crippen LogP contribution in [0.3, 0.4) is 0 Å². The second kappa shape index (κ2) is 4.58. The van der Waals surface area contributed by atoms with Gasteiger partial charge in [0.2, 0.25) is 0 Å². The van der Waals surface area contributed by atoms with Gasteiger partial charge in [-0.2, -0.15) is 0 Å². The molecule has 1 N–H and O–H groups in total. The van der Waals surface area contributed by atoms with Crippen molar-refractivity contribution in [2.24, 2.45) is 0 Å². The Labute approximate surface area is 110 Å². The molecule has 7 nitrogen and oxygen atoms in total. The quantitative estimate of drug-likeness (QED) is 0.652. The summed E-state index contributed by atoms with van der Waals surface area (Å²) in [4.78, 5) is 12.4. The second-order valence-electron chi connectivity index (χ2n) is 4.81. The second-order valence-corrected chi connectivity index (χ2v) is 4.81.